The third kappa shape index (κ3) is 3.34. The van der Waals surface area contributed by atoms with Crippen LogP contribution in [-0.4, -0.2) is 36.2 Å². The van der Waals surface area contributed by atoms with Crippen LogP contribution in [0.2, 0.25) is 0 Å². The molecule has 0 aliphatic carbocycles. The summed E-state index contributed by atoms with van der Waals surface area (Å²) >= 11 is 0. The number of benzene rings is 2. The van der Waals surface area contributed by atoms with Crippen LogP contribution in [0.25, 0.3) is 0 Å². The van der Waals surface area contributed by atoms with Gasteiger partial charge in [-0.25, -0.2) is 4.79 Å². The Bertz CT molecular complexity index is 681. The molecule has 2 atom stereocenters. The highest BCUT2D eigenvalue weighted by Gasteiger charge is 2.43. The number of hydrogen-bond donors (Lipinski definition) is 1. The molecule has 2 aliphatic rings. The fourth-order valence-electron chi connectivity index (χ4n) is 4.50. The summed E-state index contributed by atoms with van der Waals surface area (Å²) in [6, 6.07) is 20.9. The molecule has 2 amide bonds. The van der Waals surface area contributed by atoms with E-state index in [9.17, 15) is 4.79 Å². The third-order valence-electron chi connectivity index (χ3n) is 5.79. The lowest BCUT2D eigenvalue weighted by molar-refractivity contribution is 0.0206. The number of urea groups is 1. The first-order chi connectivity index (χ1) is 12.8. The standard InChI is InChI=1S/C22H26N2O2/c1-26-20-14-18-12-13-19(15-20)24(18)22(25)23-21(16-8-4-2-5-9-16)17-10-6-3-7-11-17/h2-11,18-21H,12-15H2,1H3,(H,23,25). The van der Waals surface area contributed by atoms with Gasteiger partial charge in [0.1, 0.15) is 0 Å². The number of nitrogens with one attached hydrogen (secondary N) is 1. The highest BCUT2D eigenvalue weighted by molar-refractivity contribution is 5.76. The summed E-state index contributed by atoms with van der Waals surface area (Å²) in [7, 11) is 1.78. The van der Waals surface area contributed by atoms with Crippen molar-refractivity contribution in [3.8, 4) is 0 Å². The number of amides is 2. The molecule has 0 radical (unpaired) electrons. The van der Waals surface area contributed by atoms with E-state index in [0.717, 1.165) is 36.8 Å². The van der Waals surface area contributed by atoms with Crippen molar-refractivity contribution in [1.29, 1.82) is 0 Å². The van der Waals surface area contributed by atoms with Gasteiger partial charge in [-0.1, -0.05) is 60.7 Å². The lowest BCUT2D eigenvalue weighted by Gasteiger charge is -2.39. The van der Waals surface area contributed by atoms with Crippen LogP contribution >= 0.6 is 0 Å². The predicted octanol–water partition coefficient (Wildman–Crippen LogP) is 4.13. The van der Waals surface area contributed by atoms with Crippen molar-refractivity contribution in [3.05, 3.63) is 71.8 Å². The Morgan fingerprint density at radius 3 is 1.92 bits per heavy atom. The normalized spacial score (nSPS) is 24.7. The number of carbonyl (C=O) groups excluding carboxylic acids is 1. The largest absolute Gasteiger partial charge is 0.381 e. The van der Waals surface area contributed by atoms with E-state index in [4.69, 9.17) is 4.74 Å². The number of fused-ring (bicyclic) bond motifs is 2. The Balaban J connectivity index is 1.56. The summed E-state index contributed by atoms with van der Waals surface area (Å²) in [6.45, 7) is 0. The zero-order valence-corrected chi connectivity index (χ0v) is 15.2. The molecule has 0 spiro atoms. The van der Waals surface area contributed by atoms with Crippen molar-refractivity contribution >= 4 is 6.03 Å². The first-order valence-corrected chi connectivity index (χ1v) is 9.47. The van der Waals surface area contributed by atoms with E-state index in [1.54, 1.807) is 7.11 Å². The third-order valence-corrected chi connectivity index (χ3v) is 5.79. The van der Waals surface area contributed by atoms with Gasteiger partial charge in [-0.05, 0) is 36.8 Å². The number of methoxy groups -OCH3 is 1. The van der Waals surface area contributed by atoms with Crippen molar-refractivity contribution in [2.75, 3.05) is 7.11 Å². The molecule has 2 heterocycles. The average molecular weight is 350 g/mol. The van der Waals surface area contributed by atoms with E-state index < -0.39 is 0 Å². The molecular weight excluding hydrogens is 324 g/mol. The molecule has 0 saturated carbocycles. The fraction of sp³-hybridized carbons (Fsp3) is 0.409. The minimum atomic E-state index is -0.135. The smallest absolute Gasteiger partial charge is 0.318 e. The maximum absolute atomic E-state index is 13.2. The summed E-state index contributed by atoms with van der Waals surface area (Å²) in [5.41, 5.74) is 2.21. The first kappa shape index (κ1) is 17.1. The molecule has 1 N–H and O–H groups in total. The van der Waals surface area contributed by atoms with E-state index in [0.29, 0.717) is 12.1 Å². The molecule has 2 aromatic rings. The Morgan fingerprint density at radius 1 is 0.962 bits per heavy atom. The number of rotatable bonds is 4. The lowest BCUT2D eigenvalue weighted by atomic mass is 9.98. The molecule has 4 rings (SSSR count). The summed E-state index contributed by atoms with van der Waals surface area (Å²) in [5, 5.41) is 3.30. The van der Waals surface area contributed by atoms with E-state index in [1.807, 2.05) is 36.4 Å². The number of hydrogen-bond acceptors (Lipinski definition) is 2. The van der Waals surface area contributed by atoms with Gasteiger partial charge < -0.3 is 15.0 Å². The van der Waals surface area contributed by atoms with Crippen LogP contribution in [-0.2, 0) is 4.74 Å². The van der Waals surface area contributed by atoms with E-state index in [2.05, 4.69) is 34.5 Å². The molecule has 2 fully saturated rings. The van der Waals surface area contributed by atoms with Gasteiger partial charge in [0.25, 0.3) is 0 Å². The predicted molar refractivity (Wildman–Crippen MR) is 102 cm³/mol. The molecule has 2 aromatic carbocycles. The maximum Gasteiger partial charge on any atom is 0.318 e. The number of ether oxygens (including phenoxy) is 1. The molecule has 4 nitrogen and oxygen atoms in total. The zero-order chi connectivity index (χ0) is 17.9. The minimum absolute atomic E-state index is 0.0461. The number of carbonyl (C=O) groups is 1. The molecule has 4 heteroatoms. The van der Waals surface area contributed by atoms with Crippen molar-refractivity contribution < 1.29 is 9.53 Å². The quantitative estimate of drug-likeness (QED) is 0.901. The fourth-order valence-corrected chi connectivity index (χ4v) is 4.50. The second kappa shape index (κ2) is 7.50. The van der Waals surface area contributed by atoms with Crippen molar-refractivity contribution in [2.45, 2.75) is 49.9 Å². The Kier molecular flexibility index (Phi) is 4.93. The molecule has 0 aromatic heterocycles. The Labute approximate surface area is 155 Å². The second-order valence-electron chi connectivity index (χ2n) is 7.33. The van der Waals surface area contributed by atoms with Gasteiger partial charge in [-0.2, -0.15) is 0 Å². The zero-order valence-electron chi connectivity index (χ0n) is 15.2. The molecule has 2 bridgehead atoms. The molecule has 2 saturated heterocycles. The van der Waals surface area contributed by atoms with Crippen LogP contribution in [0.4, 0.5) is 4.79 Å². The van der Waals surface area contributed by atoms with Gasteiger partial charge >= 0.3 is 6.03 Å². The van der Waals surface area contributed by atoms with Crippen LogP contribution in [0.5, 0.6) is 0 Å². The summed E-state index contributed by atoms with van der Waals surface area (Å²) in [4.78, 5) is 15.3. The van der Waals surface area contributed by atoms with Crippen LogP contribution in [0.3, 0.4) is 0 Å². The molecule has 2 unspecified atom stereocenters. The van der Waals surface area contributed by atoms with Crippen LogP contribution in [0.1, 0.15) is 42.9 Å². The average Bonchev–Trinajstić information content (AvgIpc) is 2.97. The topological polar surface area (TPSA) is 41.6 Å². The van der Waals surface area contributed by atoms with Gasteiger partial charge in [0.15, 0.2) is 0 Å². The highest BCUT2D eigenvalue weighted by Crippen LogP contribution is 2.37. The van der Waals surface area contributed by atoms with Gasteiger partial charge in [0, 0.05) is 19.2 Å². The van der Waals surface area contributed by atoms with Crippen LogP contribution in [0, 0.1) is 0 Å². The Morgan fingerprint density at radius 2 is 1.46 bits per heavy atom. The SMILES string of the molecule is COC1CC2CCC(C1)N2C(=O)NC(c1ccccc1)c1ccccc1. The Hall–Kier alpha value is -2.33. The first-order valence-electron chi connectivity index (χ1n) is 9.47. The molecule has 2 aliphatic heterocycles. The van der Waals surface area contributed by atoms with Crippen molar-refractivity contribution in [2.24, 2.45) is 0 Å². The van der Waals surface area contributed by atoms with Crippen molar-refractivity contribution in [1.82, 2.24) is 10.2 Å². The van der Waals surface area contributed by atoms with Gasteiger partial charge in [-0.3, -0.25) is 0 Å². The summed E-state index contributed by atoms with van der Waals surface area (Å²) in [5.74, 6) is 0. The molecular formula is C22H26N2O2. The van der Waals surface area contributed by atoms with Crippen LogP contribution < -0.4 is 5.32 Å². The van der Waals surface area contributed by atoms with Gasteiger partial charge in [0.05, 0.1) is 12.1 Å². The van der Waals surface area contributed by atoms with E-state index in [-0.39, 0.29) is 18.2 Å². The van der Waals surface area contributed by atoms with Crippen molar-refractivity contribution in [3.63, 3.8) is 0 Å². The second-order valence-corrected chi connectivity index (χ2v) is 7.33. The van der Waals surface area contributed by atoms with E-state index >= 15 is 0 Å². The van der Waals surface area contributed by atoms with Gasteiger partial charge in [-0.15, -0.1) is 0 Å². The highest BCUT2D eigenvalue weighted by atomic mass is 16.5. The maximum atomic E-state index is 13.2. The van der Waals surface area contributed by atoms with Crippen LogP contribution in [0.15, 0.2) is 60.7 Å². The minimum Gasteiger partial charge on any atom is -0.381 e. The monoisotopic (exact) mass is 350 g/mol. The van der Waals surface area contributed by atoms with Gasteiger partial charge in [0.2, 0.25) is 0 Å². The molecule has 136 valence electrons. The van der Waals surface area contributed by atoms with E-state index in [1.165, 1.54) is 0 Å². The number of piperidine rings is 1. The molecule has 26 heavy (non-hydrogen) atoms. The summed E-state index contributed by atoms with van der Waals surface area (Å²) < 4.78 is 5.56. The summed E-state index contributed by atoms with van der Waals surface area (Å²) in [6.07, 6.45) is 4.35. The lowest BCUT2D eigenvalue weighted by Crippen LogP contribution is -2.52. The number of nitrogens with zero attached hydrogens (tertiary/aromatic N) is 1.